The molecule has 1 aromatic carbocycles. The van der Waals surface area contributed by atoms with Crippen LogP contribution in [0.1, 0.15) is 18.4 Å². The maximum Gasteiger partial charge on any atom is 0.176 e. The number of rotatable bonds is 6. The van der Waals surface area contributed by atoms with Gasteiger partial charge in [0.1, 0.15) is 6.61 Å². The number of nitrogens with zero attached hydrogens (tertiary/aromatic N) is 3. The van der Waals surface area contributed by atoms with Crippen molar-refractivity contribution >= 4 is 11.6 Å². The van der Waals surface area contributed by atoms with Gasteiger partial charge in [-0.05, 0) is 31.5 Å². The van der Waals surface area contributed by atoms with Crippen molar-refractivity contribution in [1.29, 1.82) is 0 Å². The molecule has 0 spiro atoms. The number of likely N-dealkylation sites (tertiary alicyclic amines) is 1. The molecule has 0 atom stereocenters. The van der Waals surface area contributed by atoms with Crippen molar-refractivity contribution in [2.75, 3.05) is 19.6 Å². The molecular formula is C16H20ClN3O. The van der Waals surface area contributed by atoms with Crippen LogP contribution in [0.25, 0.3) is 0 Å². The highest BCUT2D eigenvalue weighted by Crippen LogP contribution is 2.24. The number of ether oxygens (including phenoxy) is 1. The second kappa shape index (κ2) is 6.96. The lowest BCUT2D eigenvalue weighted by Crippen LogP contribution is -2.24. The quantitative estimate of drug-likeness (QED) is 0.821. The van der Waals surface area contributed by atoms with Crippen molar-refractivity contribution in [2.24, 2.45) is 0 Å². The van der Waals surface area contributed by atoms with Gasteiger partial charge in [-0.3, -0.25) is 0 Å². The molecule has 0 amide bonds. The monoisotopic (exact) mass is 305 g/mol. The van der Waals surface area contributed by atoms with E-state index in [0.717, 1.165) is 18.7 Å². The van der Waals surface area contributed by atoms with E-state index in [-0.39, 0.29) is 0 Å². The molecule has 2 heterocycles. The molecule has 0 N–H and O–H groups in total. The van der Waals surface area contributed by atoms with Crippen molar-refractivity contribution in [3.8, 4) is 5.75 Å². The molecule has 21 heavy (non-hydrogen) atoms. The first-order valence-electron chi connectivity index (χ1n) is 7.43. The van der Waals surface area contributed by atoms with Crippen LogP contribution in [0.4, 0.5) is 0 Å². The number of hydrogen-bond acceptors (Lipinski definition) is 3. The van der Waals surface area contributed by atoms with E-state index in [1.807, 2.05) is 35.0 Å². The Hall–Kier alpha value is -1.52. The first-order valence-corrected chi connectivity index (χ1v) is 7.81. The molecule has 1 saturated heterocycles. The van der Waals surface area contributed by atoms with Crippen LogP contribution >= 0.6 is 11.6 Å². The van der Waals surface area contributed by atoms with E-state index in [2.05, 4.69) is 10.00 Å². The highest BCUT2D eigenvalue weighted by Gasteiger charge is 2.14. The van der Waals surface area contributed by atoms with Gasteiger partial charge in [0.25, 0.3) is 0 Å². The van der Waals surface area contributed by atoms with Gasteiger partial charge in [0.15, 0.2) is 10.9 Å². The molecule has 1 aliphatic heterocycles. The van der Waals surface area contributed by atoms with Crippen LogP contribution in [-0.4, -0.2) is 34.3 Å². The number of benzene rings is 1. The lowest BCUT2D eigenvalue weighted by Gasteiger charge is -2.14. The molecule has 1 fully saturated rings. The van der Waals surface area contributed by atoms with Crippen molar-refractivity contribution in [2.45, 2.75) is 26.0 Å². The molecular weight excluding hydrogens is 286 g/mol. The third-order valence-corrected chi connectivity index (χ3v) is 4.19. The van der Waals surface area contributed by atoms with Crippen LogP contribution in [0.3, 0.4) is 0 Å². The summed E-state index contributed by atoms with van der Waals surface area (Å²) in [7, 11) is 0. The Bertz CT molecular complexity index is 564. The molecule has 3 rings (SSSR count). The predicted molar refractivity (Wildman–Crippen MR) is 83.7 cm³/mol. The highest BCUT2D eigenvalue weighted by atomic mass is 35.5. The minimum atomic E-state index is 0.512. The second-order valence-corrected chi connectivity index (χ2v) is 5.70. The number of halogens is 1. The average Bonchev–Trinajstić information content (AvgIpc) is 3.15. The number of hydrogen-bond donors (Lipinski definition) is 0. The van der Waals surface area contributed by atoms with E-state index in [1.165, 1.54) is 25.9 Å². The van der Waals surface area contributed by atoms with Gasteiger partial charge in [0.2, 0.25) is 0 Å². The molecule has 5 heteroatoms. The first-order chi connectivity index (χ1) is 10.3. The third-order valence-electron chi connectivity index (χ3n) is 3.81. The summed E-state index contributed by atoms with van der Waals surface area (Å²) in [5.74, 6) is 0.655. The lowest BCUT2D eigenvalue weighted by atomic mass is 10.2. The van der Waals surface area contributed by atoms with Gasteiger partial charge >= 0.3 is 0 Å². The summed E-state index contributed by atoms with van der Waals surface area (Å²) in [6.07, 6.45) is 4.31. The van der Waals surface area contributed by atoms with Crippen molar-refractivity contribution < 1.29 is 4.74 Å². The standard InChI is InChI=1S/C16H20ClN3O/c17-16-15(21-13-14-6-2-1-3-7-14)12-18-20(16)11-10-19-8-4-5-9-19/h1-3,6-7,12H,4-5,8-11,13H2. The van der Waals surface area contributed by atoms with Gasteiger partial charge in [0, 0.05) is 6.54 Å². The minimum absolute atomic E-state index is 0.512. The van der Waals surface area contributed by atoms with Gasteiger partial charge in [-0.1, -0.05) is 41.9 Å². The van der Waals surface area contributed by atoms with E-state index in [9.17, 15) is 0 Å². The van der Waals surface area contributed by atoms with Crippen molar-refractivity contribution in [1.82, 2.24) is 14.7 Å². The molecule has 1 aliphatic rings. The normalized spacial score (nSPS) is 15.5. The van der Waals surface area contributed by atoms with Crippen LogP contribution in [0.15, 0.2) is 36.5 Å². The Morgan fingerprint density at radius 2 is 1.86 bits per heavy atom. The zero-order valence-electron chi connectivity index (χ0n) is 12.0. The van der Waals surface area contributed by atoms with E-state index in [4.69, 9.17) is 16.3 Å². The van der Waals surface area contributed by atoms with E-state index in [0.29, 0.717) is 17.5 Å². The third kappa shape index (κ3) is 3.77. The summed E-state index contributed by atoms with van der Waals surface area (Å²) in [5.41, 5.74) is 1.12. The summed E-state index contributed by atoms with van der Waals surface area (Å²) < 4.78 is 7.57. The maximum absolute atomic E-state index is 6.33. The molecule has 2 aromatic rings. The molecule has 0 bridgehead atoms. The lowest BCUT2D eigenvalue weighted by molar-refractivity contribution is 0.303. The Kier molecular flexibility index (Phi) is 4.78. The zero-order valence-corrected chi connectivity index (χ0v) is 12.8. The Labute approximate surface area is 130 Å². The summed E-state index contributed by atoms with van der Waals surface area (Å²) in [5, 5.41) is 4.91. The molecule has 1 aromatic heterocycles. The van der Waals surface area contributed by atoms with Crippen LogP contribution in [0, 0.1) is 0 Å². The molecule has 0 aliphatic carbocycles. The van der Waals surface area contributed by atoms with E-state index in [1.54, 1.807) is 6.20 Å². The minimum Gasteiger partial charge on any atom is -0.484 e. The van der Waals surface area contributed by atoms with Crippen LogP contribution < -0.4 is 4.74 Å². The van der Waals surface area contributed by atoms with Gasteiger partial charge in [-0.2, -0.15) is 5.10 Å². The van der Waals surface area contributed by atoms with Crippen molar-refractivity contribution in [3.05, 3.63) is 47.2 Å². The summed E-state index contributed by atoms with van der Waals surface area (Å²) in [4.78, 5) is 2.45. The molecule has 0 radical (unpaired) electrons. The Morgan fingerprint density at radius 3 is 2.62 bits per heavy atom. The smallest absolute Gasteiger partial charge is 0.176 e. The van der Waals surface area contributed by atoms with Gasteiger partial charge < -0.3 is 9.64 Å². The molecule has 0 unspecified atom stereocenters. The zero-order chi connectivity index (χ0) is 14.5. The number of aromatic nitrogens is 2. The van der Waals surface area contributed by atoms with Gasteiger partial charge in [-0.15, -0.1) is 0 Å². The average molecular weight is 306 g/mol. The Balaban J connectivity index is 1.54. The molecule has 4 nitrogen and oxygen atoms in total. The van der Waals surface area contributed by atoms with Crippen LogP contribution in [-0.2, 0) is 13.2 Å². The van der Waals surface area contributed by atoms with Crippen LogP contribution in [0.2, 0.25) is 5.15 Å². The maximum atomic E-state index is 6.33. The largest absolute Gasteiger partial charge is 0.484 e. The fourth-order valence-corrected chi connectivity index (χ4v) is 2.82. The van der Waals surface area contributed by atoms with Crippen LogP contribution in [0.5, 0.6) is 5.75 Å². The predicted octanol–water partition coefficient (Wildman–Crippen LogP) is 3.21. The topological polar surface area (TPSA) is 30.3 Å². The van der Waals surface area contributed by atoms with E-state index >= 15 is 0 Å². The molecule has 0 saturated carbocycles. The summed E-state index contributed by atoms with van der Waals surface area (Å²) >= 11 is 6.33. The Morgan fingerprint density at radius 1 is 1.10 bits per heavy atom. The van der Waals surface area contributed by atoms with Gasteiger partial charge in [-0.25, -0.2) is 4.68 Å². The highest BCUT2D eigenvalue weighted by molar-refractivity contribution is 6.31. The van der Waals surface area contributed by atoms with Crippen molar-refractivity contribution in [3.63, 3.8) is 0 Å². The second-order valence-electron chi connectivity index (χ2n) is 5.35. The summed E-state index contributed by atoms with van der Waals surface area (Å²) in [6.45, 7) is 4.71. The fraction of sp³-hybridized carbons (Fsp3) is 0.438. The summed E-state index contributed by atoms with van der Waals surface area (Å²) in [6, 6.07) is 10.1. The SMILES string of the molecule is Clc1c(OCc2ccccc2)cnn1CCN1CCCC1. The van der Waals surface area contributed by atoms with Gasteiger partial charge in [0.05, 0.1) is 12.7 Å². The first kappa shape index (κ1) is 14.4. The fourth-order valence-electron chi connectivity index (χ4n) is 2.58. The molecule has 112 valence electrons. The van der Waals surface area contributed by atoms with E-state index < -0.39 is 0 Å².